The number of benzene rings is 3. The Balaban J connectivity index is 1.50. The van der Waals surface area contributed by atoms with Crippen molar-refractivity contribution in [2.45, 2.75) is 18.0 Å². The molecule has 6 nitrogen and oxygen atoms in total. The van der Waals surface area contributed by atoms with Gasteiger partial charge in [0.05, 0.1) is 16.5 Å². The number of rotatable bonds is 7. The first-order valence-corrected chi connectivity index (χ1v) is 12.5. The van der Waals surface area contributed by atoms with E-state index >= 15 is 0 Å². The van der Waals surface area contributed by atoms with Crippen molar-refractivity contribution in [3.05, 3.63) is 107 Å². The number of hydrogen-bond donors (Lipinski definition) is 1. The summed E-state index contributed by atoms with van der Waals surface area (Å²) in [6, 6.07) is 22.2. The lowest BCUT2D eigenvalue weighted by atomic mass is 9.98. The minimum atomic E-state index is -3.54. The smallest absolute Gasteiger partial charge is 0.251 e. The van der Waals surface area contributed by atoms with E-state index in [0.29, 0.717) is 13.1 Å². The largest absolute Gasteiger partial charge is 0.348 e. The molecule has 4 rings (SSSR count). The first kappa shape index (κ1) is 22.8. The van der Waals surface area contributed by atoms with Crippen molar-refractivity contribution in [3.8, 4) is 11.1 Å². The summed E-state index contributed by atoms with van der Waals surface area (Å²) in [5.74, 6) is -0.374. The van der Waals surface area contributed by atoms with E-state index in [1.54, 1.807) is 6.20 Å². The van der Waals surface area contributed by atoms with Crippen LogP contribution in [0.5, 0.6) is 0 Å². The molecule has 0 bridgehead atoms. The van der Waals surface area contributed by atoms with Gasteiger partial charge in [-0.1, -0.05) is 60.1 Å². The maximum absolute atomic E-state index is 12.7. The Morgan fingerprint density at radius 3 is 2.48 bits per heavy atom. The van der Waals surface area contributed by atoms with Crippen molar-refractivity contribution in [1.82, 2.24) is 15.1 Å². The van der Waals surface area contributed by atoms with E-state index < -0.39 is 9.84 Å². The van der Waals surface area contributed by atoms with Crippen molar-refractivity contribution < 1.29 is 13.2 Å². The van der Waals surface area contributed by atoms with Crippen LogP contribution >= 0.6 is 11.6 Å². The molecule has 168 valence electrons. The van der Waals surface area contributed by atoms with E-state index in [0.717, 1.165) is 28.5 Å². The first-order chi connectivity index (χ1) is 15.8. The number of aromatic nitrogens is 2. The van der Waals surface area contributed by atoms with Crippen LogP contribution in [0.4, 0.5) is 0 Å². The van der Waals surface area contributed by atoms with E-state index in [1.807, 2.05) is 41.2 Å². The summed E-state index contributed by atoms with van der Waals surface area (Å²) in [4.78, 5) is 12.6. The molecule has 1 N–H and O–H groups in total. The van der Waals surface area contributed by atoms with Gasteiger partial charge in [0.2, 0.25) is 0 Å². The zero-order chi connectivity index (χ0) is 23.4. The summed E-state index contributed by atoms with van der Waals surface area (Å²) >= 11 is 5.98. The fraction of sp³-hybridized carbons (Fsp3) is 0.120. The Morgan fingerprint density at radius 2 is 1.79 bits per heavy atom. The maximum atomic E-state index is 12.7. The van der Waals surface area contributed by atoms with Crippen LogP contribution in [0, 0.1) is 0 Å². The van der Waals surface area contributed by atoms with Crippen LogP contribution in [-0.2, 0) is 22.9 Å². The second-order valence-corrected chi connectivity index (χ2v) is 10.0. The monoisotopic (exact) mass is 479 g/mol. The number of nitrogens with one attached hydrogen (secondary N) is 1. The highest BCUT2D eigenvalue weighted by molar-refractivity contribution is 7.90. The number of carbonyl (C=O) groups is 1. The standard InChI is InChI=1S/C25H22ClN3O3S/c1-33(31,32)24-15-20(11-12-23(24)26)25(30)27-16-21-5-2-3-6-22(21)19-9-7-18(8-10-19)17-29-14-4-13-28-29/h2-15H,16-17H2,1H3,(H,27,30). The summed E-state index contributed by atoms with van der Waals surface area (Å²) in [7, 11) is -3.54. The second-order valence-electron chi connectivity index (χ2n) is 7.66. The van der Waals surface area contributed by atoms with Gasteiger partial charge in [-0.05, 0) is 46.5 Å². The molecule has 33 heavy (non-hydrogen) atoms. The zero-order valence-electron chi connectivity index (χ0n) is 17.9. The number of sulfone groups is 1. The number of nitrogens with zero attached hydrogens (tertiary/aromatic N) is 2. The minimum absolute atomic E-state index is 0.0626. The Labute approximate surface area is 197 Å². The van der Waals surface area contributed by atoms with E-state index in [1.165, 1.54) is 18.2 Å². The molecule has 1 amide bonds. The van der Waals surface area contributed by atoms with Gasteiger partial charge >= 0.3 is 0 Å². The number of hydrogen-bond acceptors (Lipinski definition) is 4. The van der Waals surface area contributed by atoms with Crippen LogP contribution in [0.15, 0.2) is 90.1 Å². The fourth-order valence-corrected chi connectivity index (χ4v) is 4.83. The predicted molar refractivity (Wildman–Crippen MR) is 129 cm³/mol. The van der Waals surface area contributed by atoms with Gasteiger partial charge in [-0.15, -0.1) is 0 Å². The summed E-state index contributed by atoms with van der Waals surface area (Å²) < 4.78 is 25.7. The third kappa shape index (κ3) is 5.50. The number of amides is 1. The first-order valence-electron chi connectivity index (χ1n) is 10.2. The zero-order valence-corrected chi connectivity index (χ0v) is 19.5. The Morgan fingerprint density at radius 1 is 1.03 bits per heavy atom. The molecule has 8 heteroatoms. The summed E-state index contributed by atoms with van der Waals surface area (Å²) in [5, 5.41) is 7.20. The van der Waals surface area contributed by atoms with Crippen LogP contribution in [0.3, 0.4) is 0 Å². The van der Waals surface area contributed by atoms with Gasteiger partial charge in [-0.3, -0.25) is 9.48 Å². The van der Waals surface area contributed by atoms with Gasteiger partial charge in [0.1, 0.15) is 0 Å². The average Bonchev–Trinajstić information content (AvgIpc) is 3.31. The van der Waals surface area contributed by atoms with E-state index in [4.69, 9.17) is 11.6 Å². The van der Waals surface area contributed by atoms with Gasteiger partial charge in [-0.2, -0.15) is 5.10 Å². The Bertz CT molecular complexity index is 1380. The molecule has 0 radical (unpaired) electrons. The minimum Gasteiger partial charge on any atom is -0.348 e. The molecule has 3 aromatic carbocycles. The van der Waals surface area contributed by atoms with Crippen LogP contribution in [0.25, 0.3) is 11.1 Å². The summed E-state index contributed by atoms with van der Waals surface area (Å²) in [6.07, 6.45) is 4.74. The molecular formula is C25H22ClN3O3S. The molecule has 0 atom stereocenters. The van der Waals surface area contributed by atoms with E-state index in [-0.39, 0.29) is 21.4 Å². The molecule has 0 aliphatic rings. The van der Waals surface area contributed by atoms with Crippen molar-refractivity contribution >= 4 is 27.3 Å². The molecule has 0 saturated carbocycles. The van der Waals surface area contributed by atoms with E-state index in [2.05, 4.69) is 34.7 Å². The number of halogens is 1. The van der Waals surface area contributed by atoms with Crippen molar-refractivity contribution in [2.24, 2.45) is 0 Å². The highest BCUT2D eigenvalue weighted by Gasteiger charge is 2.16. The lowest BCUT2D eigenvalue weighted by Gasteiger charge is -2.12. The highest BCUT2D eigenvalue weighted by atomic mass is 35.5. The lowest BCUT2D eigenvalue weighted by Crippen LogP contribution is -2.23. The molecular weight excluding hydrogens is 458 g/mol. The number of carbonyl (C=O) groups excluding carboxylic acids is 1. The summed E-state index contributed by atoms with van der Waals surface area (Å²) in [6.45, 7) is 0.989. The lowest BCUT2D eigenvalue weighted by molar-refractivity contribution is 0.0951. The Hall–Kier alpha value is -3.42. The molecule has 0 saturated heterocycles. The Kier molecular flexibility index (Phi) is 6.62. The summed E-state index contributed by atoms with van der Waals surface area (Å²) in [5.41, 5.74) is 4.37. The normalized spacial score (nSPS) is 11.3. The van der Waals surface area contributed by atoms with Gasteiger partial charge in [0.15, 0.2) is 9.84 Å². The average molecular weight is 480 g/mol. The molecule has 1 aromatic heterocycles. The van der Waals surface area contributed by atoms with Gasteiger partial charge < -0.3 is 5.32 Å². The molecule has 0 spiro atoms. The van der Waals surface area contributed by atoms with Gasteiger partial charge in [-0.25, -0.2) is 8.42 Å². The maximum Gasteiger partial charge on any atom is 0.251 e. The molecule has 1 heterocycles. The SMILES string of the molecule is CS(=O)(=O)c1cc(C(=O)NCc2ccccc2-c2ccc(Cn3cccn3)cc2)ccc1Cl. The fourth-order valence-electron chi connectivity index (χ4n) is 3.53. The van der Waals surface area contributed by atoms with Crippen LogP contribution < -0.4 is 5.32 Å². The van der Waals surface area contributed by atoms with Crippen molar-refractivity contribution in [3.63, 3.8) is 0 Å². The predicted octanol–water partition coefficient (Wildman–Crippen LogP) is 4.59. The van der Waals surface area contributed by atoms with Crippen LogP contribution in [-0.4, -0.2) is 30.4 Å². The molecule has 0 unspecified atom stereocenters. The van der Waals surface area contributed by atoms with Crippen molar-refractivity contribution in [1.29, 1.82) is 0 Å². The third-order valence-corrected chi connectivity index (χ3v) is 6.80. The van der Waals surface area contributed by atoms with Gasteiger partial charge in [0.25, 0.3) is 5.91 Å². The molecule has 0 fully saturated rings. The van der Waals surface area contributed by atoms with Crippen LogP contribution in [0.2, 0.25) is 5.02 Å². The molecule has 0 aliphatic carbocycles. The van der Waals surface area contributed by atoms with Crippen molar-refractivity contribution in [2.75, 3.05) is 6.26 Å². The van der Waals surface area contributed by atoms with E-state index in [9.17, 15) is 13.2 Å². The quantitative estimate of drug-likeness (QED) is 0.420. The highest BCUT2D eigenvalue weighted by Crippen LogP contribution is 2.25. The molecule has 0 aliphatic heterocycles. The van der Waals surface area contributed by atoms with Gasteiger partial charge in [0, 0.05) is 30.8 Å². The topological polar surface area (TPSA) is 81.1 Å². The van der Waals surface area contributed by atoms with Crippen LogP contribution in [0.1, 0.15) is 21.5 Å². The third-order valence-electron chi connectivity index (χ3n) is 5.22. The second kappa shape index (κ2) is 9.60. The molecule has 4 aromatic rings.